The fourth-order valence-corrected chi connectivity index (χ4v) is 2.52. The molecule has 4 heteroatoms. The highest BCUT2D eigenvalue weighted by molar-refractivity contribution is 7.10. The third-order valence-electron chi connectivity index (χ3n) is 2.62. The van der Waals surface area contributed by atoms with Crippen LogP contribution >= 0.6 is 11.3 Å². The van der Waals surface area contributed by atoms with Gasteiger partial charge in [0, 0.05) is 10.4 Å². The molecule has 2 aromatic rings. The van der Waals surface area contributed by atoms with Crippen molar-refractivity contribution in [3.8, 4) is 11.5 Å². The first kappa shape index (κ1) is 12.0. The summed E-state index contributed by atoms with van der Waals surface area (Å²) < 4.78 is 10.7. The van der Waals surface area contributed by atoms with Crippen LogP contribution in [0.2, 0.25) is 0 Å². The molecule has 2 N–H and O–H groups in total. The van der Waals surface area contributed by atoms with Crippen LogP contribution in [0.25, 0.3) is 0 Å². The number of para-hydroxylation sites is 1. The average Bonchev–Trinajstić information content (AvgIpc) is 2.90. The SMILES string of the molecule is COc1cccc(C(N)c2cccs2)c1OC. The highest BCUT2D eigenvalue weighted by Gasteiger charge is 2.17. The number of hydrogen-bond acceptors (Lipinski definition) is 4. The van der Waals surface area contributed by atoms with Crippen molar-refractivity contribution >= 4 is 11.3 Å². The minimum absolute atomic E-state index is 0.181. The monoisotopic (exact) mass is 249 g/mol. The van der Waals surface area contributed by atoms with Gasteiger partial charge in [-0.1, -0.05) is 18.2 Å². The minimum Gasteiger partial charge on any atom is -0.493 e. The molecule has 0 bridgehead atoms. The molecule has 1 aromatic carbocycles. The van der Waals surface area contributed by atoms with Gasteiger partial charge in [0.05, 0.1) is 20.3 Å². The van der Waals surface area contributed by atoms with E-state index < -0.39 is 0 Å². The highest BCUT2D eigenvalue weighted by atomic mass is 32.1. The average molecular weight is 249 g/mol. The van der Waals surface area contributed by atoms with E-state index in [9.17, 15) is 0 Å². The fraction of sp³-hybridized carbons (Fsp3) is 0.231. The van der Waals surface area contributed by atoms with Crippen LogP contribution in [0.1, 0.15) is 16.5 Å². The van der Waals surface area contributed by atoms with E-state index in [4.69, 9.17) is 15.2 Å². The van der Waals surface area contributed by atoms with Crippen molar-refractivity contribution in [2.75, 3.05) is 14.2 Å². The summed E-state index contributed by atoms with van der Waals surface area (Å²) in [7, 11) is 3.25. The van der Waals surface area contributed by atoms with Crippen molar-refractivity contribution in [2.24, 2.45) is 5.73 Å². The van der Waals surface area contributed by atoms with E-state index in [-0.39, 0.29) is 6.04 Å². The Bertz CT molecular complexity index is 482. The molecule has 0 aliphatic carbocycles. The molecule has 0 aliphatic rings. The Morgan fingerprint density at radius 1 is 1.12 bits per heavy atom. The van der Waals surface area contributed by atoms with Gasteiger partial charge >= 0.3 is 0 Å². The van der Waals surface area contributed by atoms with Crippen LogP contribution in [0, 0.1) is 0 Å². The summed E-state index contributed by atoms with van der Waals surface area (Å²) in [4.78, 5) is 1.11. The van der Waals surface area contributed by atoms with E-state index in [2.05, 4.69) is 0 Å². The van der Waals surface area contributed by atoms with Crippen molar-refractivity contribution in [2.45, 2.75) is 6.04 Å². The molecule has 1 atom stereocenters. The lowest BCUT2D eigenvalue weighted by Crippen LogP contribution is -2.12. The molecule has 0 saturated heterocycles. The molecule has 0 saturated carbocycles. The van der Waals surface area contributed by atoms with Gasteiger partial charge in [0.2, 0.25) is 0 Å². The van der Waals surface area contributed by atoms with Crippen molar-refractivity contribution in [3.63, 3.8) is 0 Å². The Kier molecular flexibility index (Phi) is 3.66. The molecule has 0 radical (unpaired) electrons. The summed E-state index contributed by atoms with van der Waals surface area (Å²) in [6.07, 6.45) is 0. The van der Waals surface area contributed by atoms with Crippen LogP contribution in [0.15, 0.2) is 35.7 Å². The summed E-state index contributed by atoms with van der Waals surface area (Å²) >= 11 is 1.64. The van der Waals surface area contributed by atoms with Gasteiger partial charge < -0.3 is 15.2 Å². The van der Waals surface area contributed by atoms with Crippen molar-refractivity contribution in [1.82, 2.24) is 0 Å². The van der Waals surface area contributed by atoms with Gasteiger partial charge in [-0.15, -0.1) is 11.3 Å². The zero-order chi connectivity index (χ0) is 12.3. The molecule has 0 aliphatic heterocycles. The lowest BCUT2D eigenvalue weighted by atomic mass is 10.0. The quantitative estimate of drug-likeness (QED) is 0.906. The summed E-state index contributed by atoms with van der Waals surface area (Å²) in [5.74, 6) is 1.41. The molecule has 1 heterocycles. The first-order valence-corrected chi connectivity index (χ1v) is 6.15. The summed E-state index contributed by atoms with van der Waals surface area (Å²) in [5, 5.41) is 2.02. The van der Waals surface area contributed by atoms with Crippen LogP contribution in [0.5, 0.6) is 11.5 Å². The van der Waals surface area contributed by atoms with Crippen molar-refractivity contribution in [3.05, 3.63) is 46.2 Å². The zero-order valence-corrected chi connectivity index (χ0v) is 10.7. The maximum atomic E-state index is 6.24. The third-order valence-corrected chi connectivity index (χ3v) is 3.57. The molecule has 1 unspecified atom stereocenters. The van der Waals surface area contributed by atoms with Gasteiger partial charge in [0.25, 0.3) is 0 Å². The fourth-order valence-electron chi connectivity index (χ4n) is 1.78. The first-order valence-electron chi connectivity index (χ1n) is 5.27. The summed E-state index contributed by atoms with van der Waals surface area (Å²) in [6.45, 7) is 0. The van der Waals surface area contributed by atoms with Gasteiger partial charge in [-0.25, -0.2) is 0 Å². The highest BCUT2D eigenvalue weighted by Crippen LogP contribution is 2.36. The number of ether oxygens (including phenoxy) is 2. The number of benzene rings is 1. The second-order valence-electron chi connectivity index (χ2n) is 3.58. The van der Waals surface area contributed by atoms with E-state index in [1.54, 1.807) is 25.6 Å². The molecule has 17 heavy (non-hydrogen) atoms. The molecule has 1 aromatic heterocycles. The predicted molar refractivity (Wildman–Crippen MR) is 69.9 cm³/mol. The largest absolute Gasteiger partial charge is 0.493 e. The molecule has 3 nitrogen and oxygen atoms in total. The molecule has 2 rings (SSSR count). The molecule has 0 spiro atoms. The smallest absolute Gasteiger partial charge is 0.165 e. The number of rotatable bonds is 4. The maximum absolute atomic E-state index is 6.24. The number of methoxy groups -OCH3 is 2. The second-order valence-corrected chi connectivity index (χ2v) is 4.56. The second kappa shape index (κ2) is 5.21. The standard InChI is InChI=1S/C13H15NO2S/c1-15-10-6-3-5-9(13(10)16-2)12(14)11-7-4-8-17-11/h3-8,12H,14H2,1-2H3. The Morgan fingerprint density at radius 3 is 2.53 bits per heavy atom. The van der Waals surface area contributed by atoms with Gasteiger partial charge in [0.1, 0.15) is 0 Å². The number of thiophene rings is 1. The van der Waals surface area contributed by atoms with Gasteiger partial charge in [0.15, 0.2) is 11.5 Å². The van der Waals surface area contributed by atoms with Crippen LogP contribution in [0.3, 0.4) is 0 Å². The first-order chi connectivity index (χ1) is 8.27. The Balaban J connectivity index is 2.44. The van der Waals surface area contributed by atoms with Crippen LogP contribution in [0.4, 0.5) is 0 Å². The van der Waals surface area contributed by atoms with E-state index in [0.717, 1.165) is 10.4 Å². The normalized spacial score (nSPS) is 12.2. The molecular formula is C13H15NO2S. The molecule has 0 amide bonds. The van der Waals surface area contributed by atoms with Crippen molar-refractivity contribution < 1.29 is 9.47 Å². The maximum Gasteiger partial charge on any atom is 0.165 e. The minimum atomic E-state index is -0.181. The van der Waals surface area contributed by atoms with Crippen LogP contribution in [-0.4, -0.2) is 14.2 Å². The lowest BCUT2D eigenvalue weighted by molar-refractivity contribution is 0.350. The van der Waals surface area contributed by atoms with E-state index >= 15 is 0 Å². The van der Waals surface area contributed by atoms with E-state index in [1.165, 1.54) is 0 Å². The molecular weight excluding hydrogens is 234 g/mol. The van der Waals surface area contributed by atoms with Crippen LogP contribution in [-0.2, 0) is 0 Å². The van der Waals surface area contributed by atoms with Gasteiger partial charge in [-0.2, -0.15) is 0 Å². The summed E-state index contributed by atoms with van der Waals surface area (Å²) in [6, 6.07) is 9.58. The molecule has 90 valence electrons. The Hall–Kier alpha value is -1.52. The Morgan fingerprint density at radius 2 is 1.94 bits per heavy atom. The van der Waals surface area contributed by atoms with Gasteiger partial charge in [-0.05, 0) is 17.5 Å². The van der Waals surface area contributed by atoms with Crippen LogP contribution < -0.4 is 15.2 Å². The van der Waals surface area contributed by atoms with Gasteiger partial charge in [-0.3, -0.25) is 0 Å². The zero-order valence-electron chi connectivity index (χ0n) is 9.84. The van der Waals surface area contributed by atoms with E-state index in [1.807, 2.05) is 35.7 Å². The number of nitrogens with two attached hydrogens (primary N) is 1. The lowest BCUT2D eigenvalue weighted by Gasteiger charge is -2.16. The Labute approximate surface area is 105 Å². The molecule has 0 fully saturated rings. The van der Waals surface area contributed by atoms with E-state index in [0.29, 0.717) is 11.5 Å². The van der Waals surface area contributed by atoms with Crippen molar-refractivity contribution in [1.29, 1.82) is 0 Å². The predicted octanol–water partition coefficient (Wildman–Crippen LogP) is 2.81. The topological polar surface area (TPSA) is 44.5 Å². The third kappa shape index (κ3) is 2.28. The number of hydrogen-bond donors (Lipinski definition) is 1. The summed E-state index contributed by atoms with van der Waals surface area (Å²) in [5.41, 5.74) is 7.17.